The summed E-state index contributed by atoms with van der Waals surface area (Å²) in [6.45, 7) is 6.44. The Morgan fingerprint density at radius 1 is 1.24 bits per heavy atom. The lowest BCUT2D eigenvalue weighted by atomic mass is 10.1. The summed E-state index contributed by atoms with van der Waals surface area (Å²) in [7, 11) is 1.95. The SMILES string of the molecule is CCC(N)C(SCc1cc(C)cc(C)c1)c1cnn(C)c1. The van der Waals surface area contributed by atoms with E-state index in [0.717, 1.165) is 12.2 Å². The molecular weight excluding hydrogens is 278 g/mol. The lowest BCUT2D eigenvalue weighted by Gasteiger charge is -2.21. The molecule has 3 nitrogen and oxygen atoms in total. The number of nitrogens with two attached hydrogens (primary N) is 1. The predicted molar refractivity (Wildman–Crippen MR) is 91.4 cm³/mol. The Labute approximate surface area is 131 Å². The monoisotopic (exact) mass is 303 g/mol. The molecule has 1 aromatic heterocycles. The van der Waals surface area contributed by atoms with Crippen molar-refractivity contribution in [1.82, 2.24) is 9.78 Å². The zero-order valence-electron chi connectivity index (χ0n) is 13.3. The fraction of sp³-hybridized carbons (Fsp3) is 0.471. The van der Waals surface area contributed by atoms with E-state index >= 15 is 0 Å². The second-order valence-electron chi connectivity index (χ2n) is 5.75. The number of hydrogen-bond acceptors (Lipinski definition) is 3. The van der Waals surface area contributed by atoms with Crippen molar-refractivity contribution in [3.8, 4) is 0 Å². The number of aromatic nitrogens is 2. The van der Waals surface area contributed by atoms with Gasteiger partial charge in [0.2, 0.25) is 0 Å². The quantitative estimate of drug-likeness (QED) is 0.884. The van der Waals surface area contributed by atoms with Crippen LogP contribution in [-0.2, 0) is 12.8 Å². The molecule has 114 valence electrons. The van der Waals surface area contributed by atoms with Crippen LogP contribution in [0.15, 0.2) is 30.6 Å². The van der Waals surface area contributed by atoms with E-state index in [2.05, 4.69) is 50.3 Å². The van der Waals surface area contributed by atoms with E-state index in [1.165, 1.54) is 22.3 Å². The Bertz CT molecular complexity index is 571. The molecule has 0 spiro atoms. The third kappa shape index (κ3) is 4.35. The van der Waals surface area contributed by atoms with E-state index in [9.17, 15) is 0 Å². The molecule has 4 heteroatoms. The van der Waals surface area contributed by atoms with E-state index in [0.29, 0.717) is 5.25 Å². The van der Waals surface area contributed by atoms with Gasteiger partial charge in [0.05, 0.1) is 6.20 Å². The van der Waals surface area contributed by atoms with Crippen molar-refractivity contribution in [2.75, 3.05) is 0 Å². The predicted octanol–water partition coefficient (Wildman–Crippen LogP) is 3.75. The molecule has 21 heavy (non-hydrogen) atoms. The average Bonchev–Trinajstić information content (AvgIpc) is 2.84. The first kappa shape index (κ1) is 16.1. The summed E-state index contributed by atoms with van der Waals surface area (Å²) in [6, 6.07) is 6.89. The maximum Gasteiger partial charge on any atom is 0.0533 e. The molecule has 0 aliphatic carbocycles. The fourth-order valence-electron chi connectivity index (χ4n) is 2.61. The van der Waals surface area contributed by atoms with Crippen LogP contribution in [-0.4, -0.2) is 15.8 Å². The van der Waals surface area contributed by atoms with Crippen LogP contribution in [0.3, 0.4) is 0 Å². The lowest BCUT2D eigenvalue weighted by Crippen LogP contribution is -2.25. The number of aryl methyl sites for hydroxylation is 3. The topological polar surface area (TPSA) is 43.8 Å². The van der Waals surface area contributed by atoms with Gasteiger partial charge in [-0.2, -0.15) is 5.10 Å². The van der Waals surface area contributed by atoms with Crippen molar-refractivity contribution in [1.29, 1.82) is 0 Å². The Morgan fingerprint density at radius 3 is 2.43 bits per heavy atom. The van der Waals surface area contributed by atoms with Gasteiger partial charge in [-0.1, -0.05) is 36.2 Å². The van der Waals surface area contributed by atoms with Crippen LogP contribution in [0.4, 0.5) is 0 Å². The van der Waals surface area contributed by atoms with Gasteiger partial charge in [0, 0.05) is 35.9 Å². The molecule has 2 atom stereocenters. The maximum absolute atomic E-state index is 6.32. The summed E-state index contributed by atoms with van der Waals surface area (Å²) >= 11 is 1.91. The average molecular weight is 303 g/mol. The smallest absolute Gasteiger partial charge is 0.0533 e. The maximum atomic E-state index is 6.32. The first-order valence-corrected chi connectivity index (χ1v) is 8.47. The second kappa shape index (κ2) is 7.14. The Kier molecular flexibility index (Phi) is 5.48. The molecule has 2 aromatic rings. The van der Waals surface area contributed by atoms with Crippen molar-refractivity contribution in [2.24, 2.45) is 12.8 Å². The second-order valence-corrected chi connectivity index (χ2v) is 6.88. The summed E-state index contributed by atoms with van der Waals surface area (Å²) in [5, 5.41) is 4.58. The molecule has 0 bridgehead atoms. The summed E-state index contributed by atoms with van der Waals surface area (Å²) in [6.07, 6.45) is 4.99. The molecule has 0 amide bonds. The number of hydrogen-bond donors (Lipinski definition) is 1. The summed E-state index contributed by atoms with van der Waals surface area (Å²) in [5.74, 6) is 0.982. The van der Waals surface area contributed by atoms with Crippen LogP contribution in [0, 0.1) is 13.8 Å². The molecule has 0 radical (unpaired) electrons. The zero-order valence-corrected chi connectivity index (χ0v) is 14.2. The first-order valence-electron chi connectivity index (χ1n) is 7.42. The van der Waals surface area contributed by atoms with Crippen LogP contribution in [0.5, 0.6) is 0 Å². The Morgan fingerprint density at radius 2 is 1.90 bits per heavy atom. The van der Waals surface area contributed by atoms with E-state index < -0.39 is 0 Å². The van der Waals surface area contributed by atoms with Crippen molar-refractivity contribution >= 4 is 11.8 Å². The highest BCUT2D eigenvalue weighted by Gasteiger charge is 2.20. The van der Waals surface area contributed by atoms with Crippen LogP contribution in [0.1, 0.15) is 40.8 Å². The van der Waals surface area contributed by atoms with E-state index in [1.807, 2.05) is 29.7 Å². The lowest BCUT2D eigenvalue weighted by molar-refractivity contribution is 0.633. The number of nitrogens with zero attached hydrogens (tertiary/aromatic N) is 2. The largest absolute Gasteiger partial charge is 0.326 e. The first-order chi connectivity index (χ1) is 9.99. The normalized spacial score (nSPS) is 14.1. The van der Waals surface area contributed by atoms with E-state index in [-0.39, 0.29) is 6.04 Å². The Hall–Kier alpha value is -1.26. The third-order valence-corrected chi connectivity index (χ3v) is 5.11. The van der Waals surface area contributed by atoms with Crippen molar-refractivity contribution in [3.63, 3.8) is 0 Å². The van der Waals surface area contributed by atoms with Gasteiger partial charge in [-0.05, 0) is 25.8 Å². The molecule has 0 aliphatic rings. The van der Waals surface area contributed by atoms with Crippen LogP contribution in [0.25, 0.3) is 0 Å². The highest BCUT2D eigenvalue weighted by atomic mass is 32.2. The van der Waals surface area contributed by atoms with Gasteiger partial charge in [0.25, 0.3) is 0 Å². The highest BCUT2D eigenvalue weighted by molar-refractivity contribution is 7.98. The molecular formula is C17H25N3S. The molecule has 0 saturated carbocycles. The van der Waals surface area contributed by atoms with Gasteiger partial charge in [-0.25, -0.2) is 0 Å². The van der Waals surface area contributed by atoms with E-state index in [1.54, 1.807) is 0 Å². The third-order valence-electron chi connectivity index (χ3n) is 3.62. The van der Waals surface area contributed by atoms with Gasteiger partial charge in [0.15, 0.2) is 0 Å². The highest BCUT2D eigenvalue weighted by Crippen LogP contribution is 2.34. The van der Waals surface area contributed by atoms with Gasteiger partial charge < -0.3 is 5.73 Å². The van der Waals surface area contributed by atoms with Crippen molar-refractivity contribution in [2.45, 2.75) is 44.2 Å². The van der Waals surface area contributed by atoms with Gasteiger partial charge in [-0.15, -0.1) is 11.8 Å². The molecule has 0 aliphatic heterocycles. The summed E-state index contributed by atoms with van der Waals surface area (Å²) in [4.78, 5) is 0. The van der Waals surface area contributed by atoms with Crippen molar-refractivity contribution < 1.29 is 0 Å². The summed E-state index contributed by atoms with van der Waals surface area (Å²) < 4.78 is 1.85. The molecule has 1 aromatic carbocycles. The Balaban J connectivity index is 2.12. The molecule has 2 N–H and O–H groups in total. The number of rotatable bonds is 6. The van der Waals surface area contributed by atoms with Crippen LogP contribution >= 0.6 is 11.8 Å². The number of benzene rings is 1. The minimum absolute atomic E-state index is 0.158. The molecule has 1 heterocycles. The minimum atomic E-state index is 0.158. The minimum Gasteiger partial charge on any atom is -0.326 e. The molecule has 0 saturated heterocycles. The number of thioether (sulfide) groups is 1. The van der Waals surface area contributed by atoms with Crippen LogP contribution in [0.2, 0.25) is 0 Å². The molecule has 2 rings (SSSR count). The van der Waals surface area contributed by atoms with Crippen molar-refractivity contribution in [3.05, 3.63) is 52.8 Å². The fourth-order valence-corrected chi connectivity index (χ4v) is 3.90. The van der Waals surface area contributed by atoms with Crippen LogP contribution < -0.4 is 5.73 Å². The van der Waals surface area contributed by atoms with Gasteiger partial charge in [0.1, 0.15) is 0 Å². The van der Waals surface area contributed by atoms with E-state index in [4.69, 9.17) is 5.73 Å². The van der Waals surface area contributed by atoms with Gasteiger partial charge >= 0.3 is 0 Å². The molecule has 0 fully saturated rings. The standard InChI is InChI=1S/C17H25N3S/c1-5-16(18)17(15-9-19-20(4)10-15)21-11-14-7-12(2)6-13(3)8-14/h6-10,16-17H,5,11,18H2,1-4H3. The summed E-state index contributed by atoms with van der Waals surface area (Å²) in [5.41, 5.74) is 11.6. The van der Waals surface area contributed by atoms with Gasteiger partial charge in [-0.3, -0.25) is 4.68 Å². The zero-order chi connectivity index (χ0) is 15.4. The molecule has 2 unspecified atom stereocenters.